The van der Waals surface area contributed by atoms with Crippen molar-refractivity contribution in [2.45, 2.75) is 68.2 Å². The number of nitrogen functional groups attached to an aromatic ring is 1. The minimum absolute atomic E-state index is 0.00474. The largest absolute Gasteiger partial charge is 0.384 e. The second kappa shape index (κ2) is 14.7. The summed E-state index contributed by atoms with van der Waals surface area (Å²) in [6.45, 7) is 1.85. The van der Waals surface area contributed by atoms with E-state index in [2.05, 4.69) is 10.6 Å². The third-order valence-corrected chi connectivity index (χ3v) is 10.0. The highest BCUT2D eigenvalue weighted by Crippen LogP contribution is 2.29. The number of guanidine groups is 1. The summed E-state index contributed by atoms with van der Waals surface area (Å²) in [4.78, 5) is 29.8. The molecule has 0 bridgehead atoms. The number of nitrogens with zero attached hydrogens (tertiary/aromatic N) is 1. The Hall–Kier alpha value is -3.93. The van der Waals surface area contributed by atoms with Crippen LogP contribution in [0.4, 0.5) is 0 Å². The highest BCUT2D eigenvalue weighted by Gasteiger charge is 2.34. The highest BCUT2D eigenvalue weighted by molar-refractivity contribution is 7.90. The SMILES string of the molecule is CS(=O)(=O)c1cccc(C(Cc2ccc(C(=N)N)cc2)C(=O)N[C@H](C(=O)NCC2CCN(C(=N)N)CC2)C2CCCCC2)c1. The van der Waals surface area contributed by atoms with E-state index < -0.39 is 21.8 Å². The van der Waals surface area contributed by atoms with Gasteiger partial charge in [-0.1, -0.05) is 55.7 Å². The van der Waals surface area contributed by atoms with Crippen LogP contribution in [-0.2, 0) is 25.8 Å². The Morgan fingerprint density at radius 2 is 1.61 bits per heavy atom. The smallest absolute Gasteiger partial charge is 0.242 e. The number of likely N-dealkylation sites (tertiary alicyclic amines) is 1. The van der Waals surface area contributed by atoms with E-state index in [0.717, 1.165) is 56.8 Å². The Morgan fingerprint density at radius 3 is 2.20 bits per heavy atom. The van der Waals surface area contributed by atoms with Crippen molar-refractivity contribution in [2.75, 3.05) is 25.9 Å². The van der Waals surface area contributed by atoms with Crippen molar-refractivity contribution in [3.8, 4) is 0 Å². The van der Waals surface area contributed by atoms with E-state index in [1.807, 2.05) is 4.90 Å². The van der Waals surface area contributed by atoms with Gasteiger partial charge in [-0.3, -0.25) is 20.4 Å². The first-order valence-corrected chi connectivity index (χ1v) is 17.2. The molecule has 0 radical (unpaired) electrons. The number of amidine groups is 1. The van der Waals surface area contributed by atoms with Crippen molar-refractivity contribution < 1.29 is 18.0 Å². The number of nitrogens with one attached hydrogen (secondary N) is 4. The number of hydrogen-bond donors (Lipinski definition) is 6. The number of piperidine rings is 1. The standard InChI is InChI=1S/C32H45N7O4S/c1-44(42,43)26-9-5-8-25(19-26)27(18-21-10-12-24(13-11-21)29(33)34)30(40)38-28(23-6-3-2-4-7-23)31(41)37-20-22-14-16-39(17-15-22)32(35)36/h5,8-13,19,22-23,27-28H,2-4,6-7,14-18,20H2,1H3,(H3,33,34)(H3,35,36)(H,37,41)(H,38,40)/t27?,28-/m0/s1. The van der Waals surface area contributed by atoms with Crippen molar-refractivity contribution in [1.82, 2.24) is 15.5 Å². The van der Waals surface area contributed by atoms with Gasteiger partial charge in [-0.2, -0.15) is 0 Å². The number of benzene rings is 2. The number of sulfone groups is 1. The van der Waals surface area contributed by atoms with Gasteiger partial charge in [0, 0.05) is 31.5 Å². The quantitative estimate of drug-likeness (QED) is 0.163. The Balaban J connectivity index is 1.56. The first kappa shape index (κ1) is 33.0. The number of amides is 2. The molecule has 0 aromatic heterocycles. The molecule has 238 valence electrons. The zero-order chi connectivity index (χ0) is 31.9. The van der Waals surface area contributed by atoms with Gasteiger partial charge in [-0.15, -0.1) is 0 Å². The van der Waals surface area contributed by atoms with Gasteiger partial charge in [0.2, 0.25) is 11.8 Å². The van der Waals surface area contributed by atoms with Crippen molar-refractivity contribution in [1.29, 1.82) is 10.8 Å². The first-order valence-electron chi connectivity index (χ1n) is 15.3. The number of nitrogens with two attached hydrogens (primary N) is 2. The van der Waals surface area contributed by atoms with Crippen LogP contribution in [0.15, 0.2) is 53.4 Å². The summed E-state index contributed by atoms with van der Waals surface area (Å²) >= 11 is 0. The lowest BCUT2D eigenvalue weighted by Gasteiger charge is -2.34. The number of rotatable bonds is 11. The van der Waals surface area contributed by atoms with Crippen LogP contribution in [0.3, 0.4) is 0 Å². The Kier molecular flexibility index (Phi) is 11.0. The lowest BCUT2D eigenvalue weighted by atomic mass is 9.82. The fourth-order valence-electron chi connectivity index (χ4n) is 6.23. The molecule has 2 fully saturated rings. The molecule has 12 heteroatoms. The molecule has 2 aromatic carbocycles. The highest BCUT2D eigenvalue weighted by atomic mass is 32.2. The van der Waals surface area contributed by atoms with Crippen LogP contribution in [0.1, 0.15) is 67.6 Å². The number of carbonyl (C=O) groups is 2. The lowest BCUT2D eigenvalue weighted by Crippen LogP contribution is -2.53. The molecule has 1 saturated heterocycles. The maximum Gasteiger partial charge on any atom is 0.242 e. The Labute approximate surface area is 260 Å². The molecule has 1 aliphatic heterocycles. The van der Waals surface area contributed by atoms with Crippen molar-refractivity contribution in [3.63, 3.8) is 0 Å². The van der Waals surface area contributed by atoms with Gasteiger partial charge in [-0.25, -0.2) is 8.42 Å². The third-order valence-electron chi connectivity index (χ3n) is 8.93. The first-order chi connectivity index (χ1) is 20.9. The average Bonchev–Trinajstić information content (AvgIpc) is 3.01. The number of hydrogen-bond acceptors (Lipinski definition) is 6. The molecule has 2 aliphatic rings. The summed E-state index contributed by atoms with van der Waals surface area (Å²) in [5, 5.41) is 21.5. The Bertz CT molecular complexity index is 1450. The fourth-order valence-corrected chi connectivity index (χ4v) is 6.91. The van der Waals surface area contributed by atoms with E-state index >= 15 is 0 Å². The summed E-state index contributed by atoms with van der Waals surface area (Å²) in [5.74, 6) is -1.02. The monoisotopic (exact) mass is 623 g/mol. The summed E-state index contributed by atoms with van der Waals surface area (Å²) in [6, 6.07) is 12.8. The van der Waals surface area contributed by atoms with E-state index in [1.165, 1.54) is 12.1 Å². The summed E-state index contributed by atoms with van der Waals surface area (Å²) in [7, 11) is -3.51. The maximum atomic E-state index is 14.1. The zero-order valence-corrected chi connectivity index (χ0v) is 26.2. The molecule has 8 N–H and O–H groups in total. The minimum atomic E-state index is -3.51. The molecule has 1 heterocycles. The lowest BCUT2D eigenvalue weighted by molar-refractivity contribution is -0.131. The molecule has 2 aromatic rings. The zero-order valence-electron chi connectivity index (χ0n) is 25.3. The van der Waals surface area contributed by atoms with E-state index in [1.54, 1.807) is 36.4 Å². The maximum absolute atomic E-state index is 14.1. The summed E-state index contributed by atoms with van der Waals surface area (Å²) < 4.78 is 24.7. The number of carbonyl (C=O) groups excluding carboxylic acids is 2. The van der Waals surface area contributed by atoms with Gasteiger partial charge in [0.25, 0.3) is 0 Å². The fraction of sp³-hybridized carbons (Fsp3) is 0.500. The molecule has 11 nitrogen and oxygen atoms in total. The van der Waals surface area contributed by atoms with Crippen molar-refractivity contribution >= 4 is 33.4 Å². The van der Waals surface area contributed by atoms with Crippen molar-refractivity contribution in [3.05, 3.63) is 65.2 Å². The van der Waals surface area contributed by atoms with Gasteiger partial charge in [-0.05, 0) is 67.2 Å². The van der Waals surface area contributed by atoms with E-state index in [0.29, 0.717) is 30.8 Å². The van der Waals surface area contributed by atoms with E-state index in [-0.39, 0.29) is 46.8 Å². The molecule has 2 amide bonds. The minimum Gasteiger partial charge on any atom is -0.384 e. The molecule has 0 spiro atoms. The molecule has 44 heavy (non-hydrogen) atoms. The molecular formula is C32H45N7O4S. The molecule has 1 unspecified atom stereocenters. The third kappa shape index (κ3) is 8.81. The van der Waals surface area contributed by atoms with Crippen LogP contribution in [0.5, 0.6) is 0 Å². The predicted octanol–water partition coefficient (Wildman–Crippen LogP) is 2.49. The van der Waals surface area contributed by atoms with Crippen LogP contribution in [0.25, 0.3) is 0 Å². The van der Waals surface area contributed by atoms with Crippen LogP contribution in [0.2, 0.25) is 0 Å². The van der Waals surface area contributed by atoms with Crippen LogP contribution in [-0.4, -0.2) is 68.9 Å². The Morgan fingerprint density at radius 1 is 0.955 bits per heavy atom. The molecule has 1 saturated carbocycles. The second-order valence-electron chi connectivity index (χ2n) is 12.2. The predicted molar refractivity (Wildman–Crippen MR) is 171 cm³/mol. The average molecular weight is 624 g/mol. The van der Waals surface area contributed by atoms with Gasteiger partial charge >= 0.3 is 0 Å². The summed E-state index contributed by atoms with van der Waals surface area (Å²) in [6.07, 6.45) is 7.83. The second-order valence-corrected chi connectivity index (χ2v) is 14.2. The van der Waals surface area contributed by atoms with E-state index in [9.17, 15) is 18.0 Å². The van der Waals surface area contributed by atoms with Crippen LogP contribution >= 0.6 is 0 Å². The van der Waals surface area contributed by atoms with Crippen LogP contribution < -0.4 is 22.1 Å². The molecule has 2 atom stereocenters. The summed E-state index contributed by atoms with van der Waals surface area (Å²) in [5.41, 5.74) is 13.2. The molecule has 4 rings (SSSR count). The van der Waals surface area contributed by atoms with Crippen molar-refractivity contribution in [2.24, 2.45) is 23.3 Å². The topological polar surface area (TPSA) is 195 Å². The van der Waals surface area contributed by atoms with Gasteiger partial charge < -0.3 is 27.0 Å². The van der Waals surface area contributed by atoms with Gasteiger partial charge in [0.1, 0.15) is 11.9 Å². The normalized spacial score (nSPS) is 17.8. The van der Waals surface area contributed by atoms with Gasteiger partial charge in [0.05, 0.1) is 10.8 Å². The molecular weight excluding hydrogens is 578 g/mol. The van der Waals surface area contributed by atoms with Crippen LogP contribution in [0, 0.1) is 22.7 Å². The molecule has 1 aliphatic carbocycles. The van der Waals surface area contributed by atoms with E-state index in [4.69, 9.17) is 22.3 Å². The van der Waals surface area contributed by atoms with Gasteiger partial charge in [0.15, 0.2) is 15.8 Å².